The summed E-state index contributed by atoms with van der Waals surface area (Å²) in [6.45, 7) is 9.25. The van der Waals surface area contributed by atoms with E-state index in [1.165, 1.54) is 6.20 Å². The monoisotopic (exact) mass is 487 g/mol. The van der Waals surface area contributed by atoms with Crippen LogP contribution in [0.2, 0.25) is 0 Å². The van der Waals surface area contributed by atoms with E-state index in [2.05, 4.69) is 17.3 Å². The number of carbonyl (C=O) groups excluding carboxylic acids is 3. The standard InChI is InChI=1S/C28H33N5O3/c1-5-20-13-11-12-19(4)25(20)32-18-21(16-24(32)34)27(35)30-26-23(28(36)31(6-2)7-3)17-29-33(26)22-14-9-8-10-15-22/h8-15,17,21H,5-7,16,18H2,1-4H3,(H,30,35). The molecule has 0 radical (unpaired) electrons. The van der Waals surface area contributed by atoms with Crippen molar-refractivity contribution in [2.75, 3.05) is 29.9 Å². The van der Waals surface area contributed by atoms with Gasteiger partial charge in [0, 0.05) is 31.7 Å². The van der Waals surface area contributed by atoms with Gasteiger partial charge in [-0.1, -0.05) is 43.3 Å². The normalized spacial score (nSPS) is 15.3. The Balaban J connectivity index is 1.64. The molecule has 1 aliphatic heterocycles. The fourth-order valence-electron chi connectivity index (χ4n) is 4.78. The van der Waals surface area contributed by atoms with Crippen LogP contribution in [0.15, 0.2) is 54.7 Å². The average Bonchev–Trinajstić information content (AvgIpc) is 3.48. The van der Waals surface area contributed by atoms with Crippen molar-refractivity contribution in [3.63, 3.8) is 0 Å². The van der Waals surface area contributed by atoms with Crippen molar-refractivity contribution in [3.05, 3.63) is 71.4 Å². The van der Waals surface area contributed by atoms with Crippen LogP contribution in [0.25, 0.3) is 5.69 Å². The number of hydrogen-bond acceptors (Lipinski definition) is 4. The van der Waals surface area contributed by atoms with Crippen LogP contribution in [0.5, 0.6) is 0 Å². The minimum atomic E-state index is -0.544. The van der Waals surface area contributed by atoms with Crippen molar-refractivity contribution in [1.82, 2.24) is 14.7 Å². The van der Waals surface area contributed by atoms with E-state index in [-0.39, 0.29) is 24.1 Å². The number of nitrogens with zero attached hydrogens (tertiary/aromatic N) is 4. The topological polar surface area (TPSA) is 87.5 Å². The maximum absolute atomic E-state index is 13.5. The molecule has 3 aromatic rings. The first-order valence-electron chi connectivity index (χ1n) is 12.5. The molecule has 1 atom stereocenters. The van der Waals surface area contributed by atoms with Gasteiger partial charge >= 0.3 is 0 Å². The van der Waals surface area contributed by atoms with Gasteiger partial charge in [-0.2, -0.15) is 5.10 Å². The number of amides is 3. The zero-order chi connectivity index (χ0) is 25.8. The van der Waals surface area contributed by atoms with Gasteiger partial charge in [-0.05, 0) is 50.5 Å². The zero-order valence-electron chi connectivity index (χ0n) is 21.3. The molecule has 0 aliphatic carbocycles. The number of aromatic nitrogens is 2. The van der Waals surface area contributed by atoms with Gasteiger partial charge in [-0.15, -0.1) is 0 Å². The van der Waals surface area contributed by atoms with Crippen LogP contribution in [0, 0.1) is 12.8 Å². The minimum absolute atomic E-state index is 0.0739. The predicted octanol–water partition coefficient (Wildman–Crippen LogP) is 4.22. The van der Waals surface area contributed by atoms with Crippen LogP contribution >= 0.6 is 0 Å². The van der Waals surface area contributed by atoms with Gasteiger partial charge in [-0.3, -0.25) is 14.4 Å². The summed E-state index contributed by atoms with van der Waals surface area (Å²) >= 11 is 0. The van der Waals surface area contributed by atoms with Crippen LogP contribution in [0.1, 0.15) is 48.7 Å². The molecule has 1 N–H and O–H groups in total. The summed E-state index contributed by atoms with van der Waals surface area (Å²) in [5.41, 5.74) is 4.04. The molecule has 0 saturated carbocycles. The van der Waals surface area contributed by atoms with E-state index < -0.39 is 5.92 Å². The number of aryl methyl sites for hydroxylation is 2. The smallest absolute Gasteiger partial charge is 0.259 e. The zero-order valence-corrected chi connectivity index (χ0v) is 21.3. The second-order valence-electron chi connectivity index (χ2n) is 8.96. The number of benzene rings is 2. The van der Waals surface area contributed by atoms with Crippen molar-refractivity contribution < 1.29 is 14.4 Å². The summed E-state index contributed by atoms with van der Waals surface area (Å²) in [6.07, 6.45) is 2.41. The lowest BCUT2D eigenvalue weighted by molar-refractivity contribution is -0.122. The van der Waals surface area contributed by atoms with Gasteiger partial charge in [0.2, 0.25) is 11.8 Å². The number of anilines is 2. The molecule has 0 bridgehead atoms. The number of carbonyl (C=O) groups is 3. The third kappa shape index (κ3) is 4.76. The molecule has 1 saturated heterocycles. The van der Waals surface area contributed by atoms with Gasteiger partial charge in [0.15, 0.2) is 0 Å². The Morgan fingerprint density at radius 1 is 1.06 bits per heavy atom. The third-order valence-electron chi connectivity index (χ3n) is 6.76. The first kappa shape index (κ1) is 25.2. The molecule has 1 fully saturated rings. The summed E-state index contributed by atoms with van der Waals surface area (Å²) in [7, 11) is 0. The fourth-order valence-corrected chi connectivity index (χ4v) is 4.78. The number of nitrogens with one attached hydrogen (secondary N) is 1. The Hall–Kier alpha value is -3.94. The Kier molecular flexibility index (Phi) is 7.52. The number of rotatable bonds is 8. The maximum Gasteiger partial charge on any atom is 0.259 e. The molecule has 2 heterocycles. The minimum Gasteiger partial charge on any atom is -0.339 e. The maximum atomic E-state index is 13.5. The van der Waals surface area contributed by atoms with Crippen molar-refractivity contribution in [1.29, 1.82) is 0 Å². The van der Waals surface area contributed by atoms with Crippen LogP contribution in [-0.4, -0.2) is 52.0 Å². The quantitative estimate of drug-likeness (QED) is 0.515. The number of hydrogen-bond donors (Lipinski definition) is 1. The summed E-state index contributed by atoms with van der Waals surface area (Å²) in [5.74, 6) is -0.801. The van der Waals surface area contributed by atoms with Crippen molar-refractivity contribution >= 4 is 29.2 Å². The molecule has 1 aromatic heterocycles. The molecule has 8 heteroatoms. The Morgan fingerprint density at radius 3 is 2.44 bits per heavy atom. The van der Waals surface area contributed by atoms with Crippen LogP contribution < -0.4 is 10.2 Å². The van der Waals surface area contributed by atoms with E-state index in [0.717, 1.165) is 28.9 Å². The molecule has 4 rings (SSSR count). The molecule has 2 aromatic carbocycles. The van der Waals surface area contributed by atoms with Crippen LogP contribution in [0.3, 0.4) is 0 Å². The lowest BCUT2D eigenvalue weighted by Gasteiger charge is -2.22. The largest absolute Gasteiger partial charge is 0.339 e. The van der Waals surface area contributed by atoms with Crippen molar-refractivity contribution in [2.45, 2.75) is 40.5 Å². The molecular weight excluding hydrogens is 454 g/mol. The first-order valence-corrected chi connectivity index (χ1v) is 12.5. The molecular formula is C28H33N5O3. The van der Waals surface area contributed by atoms with E-state index >= 15 is 0 Å². The van der Waals surface area contributed by atoms with Gasteiger partial charge in [-0.25, -0.2) is 4.68 Å². The molecule has 188 valence electrons. The van der Waals surface area contributed by atoms with E-state index in [1.54, 1.807) is 14.5 Å². The predicted molar refractivity (Wildman–Crippen MR) is 140 cm³/mol. The molecule has 36 heavy (non-hydrogen) atoms. The molecule has 3 amide bonds. The first-order chi connectivity index (χ1) is 17.4. The summed E-state index contributed by atoms with van der Waals surface area (Å²) < 4.78 is 1.57. The highest BCUT2D eigenvalue weighted by atomic mass is 16.2. The third-order valence-corrected chi connectivity index (χ3v) is 6.76. The highest BCUT2D eigenvalue weighted by molar-refractivity contribution is 6.07. The summed E-state index contributed by atoms with van der Waals surface area (Å²) in [5, 5.41) is 7.38. The molecule has 8 nitrogen and oxygen atoms in total. The van der Waals surface area contributed by atoms with Gasteiger partial charge in [0.1, 0.15) is 11.4 Å². The second-order valence-corrected chi connectivity index (χ2v) is 8.96. The van der Waals surface area contributed by atoms with Crippen molar-refractivity contribution in [2.24, 2.45) is 5.92 Å². The Morgan fingerprint density at radius 2 is 1.78 bits per heavy atom. The molecule has 1 aliphatic rings. The van der Waals surface area contributed by atoms with Crippen LogP contribution in [0.4, 0.5) is 11.5 Å². The fraction of sp³-hybridized carbons (Fsp3) is 0.357. The summed E-state index contributed by atoms with van der Waals surface area (Å²) in [6, 6.07) is 15.3. The van der Waals surface area contributed by atoms with Crippen molar-refractivity contribution in [3.8, 4) is 5.69 Å². The molecule has 1 unspecified atom stereocenters. The number of para-hydroxylation sites is 2. The van der Waals surface area contributed by atoms with Gasteiger partial charge < -0.3 is 15.1 Å². The van der Waals surface area contributed by atoms with Gasteiger partial charge in [0.05, 0.1) is 17.8 Å². The highest BCUT2D eigenvalue weighted by Gasteiger charge is 2.37. The van der Waals surface area contributed by atoms with E-state index in [9.17, 15) is 14.4 Å². The second kappa shape index (κ2) is 10.8. The molecule has 0 spiro atoms. The van der Waals surface area contributed by atoms with E-state index in [4.69, 9.17) is 0 Å². The van der Waals surface area contributed by atoms with Gasteiger partial charge in [0.25, 0.3) is 5.91 Å². The Bertz CT molecular complexity index is 1260. The highest BCUT2D eigenvalue weighted by Crippen LogP contribution is 2.32. The SMILES string of the molecule is CCc1cccc(C)c1N1CC(C(=O)Nc2c(C(=O)N(CC)CC)cnn2-c2ccccc2)CC1=O. The van der Waals surface area contributed by atoms with E-state index in [0.29, 0.717) is 31.0 Å². The lowest BCUT2D eigenvalue weighted by atomic mass is 10.0. The average molecular weight is 488 g/mol. The Labute approximate surface area is 211 Å². The van der Waals surface area contributed by atoms with E-state index in [1.807, 2.05) is 69.3 Å². The summed E-state index contributed by atoms with van der Waals surface area (Å²) in [4.78, 5) is 43.1. The lowest BCUT2D eigenvalue weighted by Crippen LogP contribution is -2.32. The van der Waals surface area contributed by atoms with Crippen LogP contribution in [-0.2, 0) is 16.0 Å².